The summed E-state index contributed by atoms with van der Waals surface area (Å²) in [6.07, 6.45) is 1.19. The number of thiophene rings is 1. The van der Waals surface area contributed by atoms with Gasteiger partial charge in [0.15, 0.2) is 0 Å². The van der Waals surface area contributed by atoms with Gasteiger partial charge in [-0.25, -0.2) is 0 Å². The second kappa shape index (κ2) is 5.32. The van der Waals surface area contributed by atoms with Gasteiger partial charge < -0.3 is 10.3 Å². The molecule has 94 valence electrons. The van der Waals surface area contributed by atoms with E-state index in [-0.39, 0.29) is 17.3 Å². The van der Waals surface area contributed by atoms with E-state index >= 15 is 0 Å². The van der Waals surface area contributed by atoms with Crippen LogP contribution in [0.1, 0.15) is 15.4 Å². The monoisotopic (exact) mass is 329 g/mol. The summed E-state index contributed by atoms with van der Waals surface area (Å²) in [5.41, 5.74) is 0.0522. The minimum Gasteiger partial charge on any atom is -0.351 e. The van der Waals surface area contributed by atoms with Crippen molar-refractivity contribution in [2.75, 3.05) is 0 Å². The third-order valence-corrected chi connectivity index (χ3v) is 3.80. The standard InChI is InChI=1S/C10H8BrN3O3S/c11-9-2-1-7(18-9)5-13-10(15)8-3-6(4-12-8)14(16)17/h1-4,12H,5H2,(H,13,15). The van der Waals surface area contributed by atoms with Gasteiger partial charge in [0.1, 0.15) is 5.69 Å². The van der Waals surface area contributed by atoms with Crippen LogP contribution in [0.5, 0.6) is 0 Å². The van der Waals surface area contributed by atoms with Crippen molar-refractivity contribution in [3.8, 4) is 0 Å². The number of aromatic amines is 1. The Morgan fingerprint density at radius 3 is 2.89 bits per heavy atom. The number of halogens is 1. The highest BCUT2D eigenvalue weighted by atomic mass is 79.9. The van der Waals surface area contributed by atoms with Crippen molar-refractivity contribution < 1.29 is 9.72 Å². The molecular formula is C10H8BrN3O3S. The molecule has 2 heterocycles. The second-order valence-electron chi connectivity index (χ2n) is 3.42. The summed E-state index contributed by atoms with van der Waals surface area (Å²) in [6.45, 7) is 0.391. The molecule has 0 aromatic carbocycles. The Hall–Kier alpha value is -1.67. The van der Waals surface area contributed by atoms with Crippen LogP contribution in [-0.2, 0) is 6.54 Å². The zero-order chi connectivity index (χ0) is 13.1. The molecule has 0 unspecified atom stereocenters. The maximum atomic E-state index is 11.7. The highest BCUT2D eigenvalue weighted by Crippen LogP contribution is 2.21. The summed E-state index contributed by atoms with van der Waals surface area (Å²) < 4.78 is 0.988. The Kier molecular flexibility index (Phi) is 3.78. The Morgan fingerprint density at radius 1 is 1.56 bits per heavy atom. The first-order chi connectivity index (χ1) is 8.56. The average Bonchev–Trinajstić information content (AvgIpc) is 2.94. The van der Waals surface area contributed by atoms with Crippen LogP contribution in [-0.4, -0.2) is 15.8 Å². The van der Waals surface area contributed by atoms with E-state index in [0.29, 0.717) is 6.54 Å². The van der Waals surface area contributed by atoms with Gasteiger partial charge in [-0.05, 0) is 28.1 Å². The van der Waals surface area contributed by atoms with E-state index in [1.807, 2.05) is 12.1 Å². The van der Waals surface area contributed by atoms with Crippen molar-refractivity contribution in [1.29, 1.82) is 0 Å². The molecule has 0 aliphatic rings. The van der Waals surface area contributed by atoms with Crippen molar-refractivity contribution in [2.24, 2.45) is 0 Å². The summed E-state index contributed by atoms with van der Waals surface area (Å²) in [5, 5.41) is 13.1. The summed E-state index contributed by atoms with van der Waals surface area (Å²) in [7, 11) is 0. The van der Waals surface area contributed by atoms with Gasteiger partial charge in [0, 0.05) is 10.9 Å². The molecule has 2 N–H and O–H groups in total. The predicted molar refractivity (Wildman–Crippen MR) is 70.6 cm³/mol. The minimum absolute atomic E-state index is 0.126. The lowest BCUT2D eigenvalue weighted by atomic mass is 10.3. The molecule has 2 aromatic rings. The molecule has 2 aromatic heterocycles. The highest BCUT2D eigenvalue weighted by molar-refractivity contribution is 9.11. The van der Waals surface area contributed by atoms with E-state index in [2.05, 4.69) is 26.2 Å². The number of nitrogens with zero attached hydrogens (tertiary/aromatic N) is 1. The lowest BCUT2D eigenvalue weighted by Gasteiger charge is -2.00. The summed E-state index contributed by atoms with van der Waals surface area (Å²) >= 11 is 4.85. The van der Waals surface area contributed by atoms with Crippen LogP contribution in [0.15, 0.2) is 28.2 Å². The first-order valence-corrected chi connectivity index (χ1v) is 6.52. The van der Waals surface area contributed by atoms with E-state index in [0.717, 1.165) is 8.66 Å². The number of H-pyrrole nitrogens is 1. The number of carbonyl (C=O) groups is 1. The zero-order valence-corrected chi connectivity index (χ0v) is 11.4. The number of carbonyl (C=O) groups excluding carboxylic acids is 1. The van der Waals surface area contributed by atoms with E-state index in [1.165, 1.54) is 23.6 Å². The zero-order valence-electron chi connectivity index (χ0n) is 8.97. The first-order valence-electron chi connectivity index (χ1n) is 4.91. The Balaban J connectivity index is 1.97. The van der Waals surface area contributed by atoms with Gasteiger partial charge in [-0.15, -0.1) is 11.3 Å². The fraction of sp³-hybridized carbons (Fsp3) is 0.100. The predicted octanol–water partition coefficient (Wildman–Crippen LogP) is 2.68. The maximum Gasteiger partial charge on any atom is 0.287 e. The number of amides is 1. The third kappa shape index (κ3) is 2.96. The molecule has 6 nitrogen and oxygen atoms in total. The van der Waals surface area contributed by atoms with Gasteiger partial charge in [-0.2, -0.15) is 0 Å². The Bertz CT molecular complexity index is 593. The third-order valence-electron chi connectivity index (χ3n) is 2.18. The molecule has 0 spiro atoms. The lowest BCUT2D eigenvalue weighted by Crippen LogP contribution is -2.22. The van der Waals surface area contributed by atoms with Gasteiger partial charge >= 0.3 is 0 Å². The molecular weight excluding hydrogens is 322 g/mol. The molecule has 0 saturated heterocycles. The maximum absolute atomic E-state index is 11.7. The van der Waals surface area contributed by atoms with Crippen LogP contribution in [0.3, 0.4) is 0 Å². The van der Waals surface area contributed by atoms with Gasteiger partial charge in [0.25, 0.3) is 11.6 Å². The van der Waals surface area contributed by atoms with Crippen molar-refractivity contribution in [2.45, 2.75) is 6.54 Å². The topological polar surface area (TPSA) is 88.0 Å². The fourth-order valence-corrected chi connectivity index (χ4v) is 2.75. The smallest absolute Gasteiger partial charge is 0.287 e. The number of nitrogens with one attached hydrogen (secondary N) is 2. The van der Waals surface area contributed by atoms with Crippen LogP contribution in [0.4, 0.5) is 5.69 Å². The summed E-state index contributed by atoms with van der Waals surface area (Å²) in [6, 6.07) is 5.00. The van der Waals surface area contributed by atoms with E-state index < -0.39 is 4.92 Å². The molecule has 2 rings (SSSR count). The molecule has 0 fully saturated rings. The van der Waals surface area contributed by atoms with Crippen LogP contribution < -0.4 is 5.32 Å². The lowest BCUT2D eigenvalue weighted by molar-refractivity contribution is -0.384. The highest BCUT2D eigenvalue weighted by Gasteiger charge is 2.14. The molecule has 0 aliphatic heterocycles. The second-order valence-corrected chi connectivity index (χ2v) is 5.96. The van der Waals surface area contributed by atoms with Crippen LogP contribution in [0.25, 0.3) is 0 Å². The molecule has 0 aliphatic carbocycles. The van der Waals surface area contributed by atoms with E-state index in [9.17, 15) is 14.9 Å². The SMILES string of the molecule is O=C(NCc1ccc(Br)s1)c1cc([N+](=O)[O-])c[nH]1. The summed E-state index contributed by atoms with van der Waals surface area (Å²) in [4.78, 5) is 25.2. The van der Waals surface area contributed by atoms with Crippen LogP contribution in [0.2, 0.25) is 0 Å². The van der Waals surface area contributed by atoms with Crippen molar-refractivity contribution >= 4 is 38.9 Å². The largest absolute Gasteiger partial charge is 0.351 e. The minimum atomic E-state index is -0.552. The number of hydrogen-bond acceptors (Lipinski definition) is 4. The van der Waals surface area contributed by atoms with Gasteiger partial charge in [0.2, 0.25) is 0 Å². The van der Waals surface area contributed by atoms with Crippen molar-refractivity contribution in [1.82, 2.24) is 10.3 Å². The van der Waals surface area contributed by atoms with Gasteiger partial charge in [-0.3, -0.25) is 14.9 Å². The molecule has 0 radical (unpaired) electrons. The number of nitro groups is 1. The quantitative estimate of drug-likeness (QED) is 0.667. The average molecular weight is 330 g/mol. The Morgan fingerprint density at radius 2 is 2.33 bits per heavy atom. The number of hydrogen-bond donors (Lipinski definition) is 2. The van der Waals surface area contributed by atoms with Crippen molar-refractivity contribution in [3.63, 3.8) is 0 Å². The molecule has 1 amide bonds. The van der Waals surface area contributed by atoms with E-state index in [4.69, 9.17) is 0 Å². The van der Waals surface area contributed by atoms with Gasteiger partial charge in [-0.1, -0.05) is 0 Å². The van der Waals surface area contributed by atoms with Crippen LogP contribution in [0, 0.1) is 10.1 Å². The normalized spacial score (nSPS) is 10.3. The molecule has 18 heavy (non-hydrogen) atoms. The molecule has 0 atom stereocenters. The number of aromatic nitrogens is 1. The molecule has 8 heteroatoms. The molecule has 0 saturated carbocycles. The molecule has 0 bridgehead atoms. The Labute approximate surface area is 114 Å². The van der Waals surface area contributed by atoms with Crippen LogP contribution >= 0.6 is 27.3 Å². The summed E-state index contributed by atoms with van der Waals surface area (Å²) in [5.74, 6) is -0.368. The van der Waals surface area contributed by atoms with Gasteiger partial charge in [0.05, 0.1) is 21.5 Å². The first kappa shape index (κ1) is 12.8. The van der Waals surface area contributed by atoms with Crippen molar-refractivity contribution in [3.05, 3.63) is 48.9 Å². The number of rotatable bonds is 4. The van der Waals surface area contributed by atoms with E-state index in [1.54, 1.807) is 0 Å². The fourth-order valence-electron chi connectivity index (χ4n) is 1.33.